The van der Waals surface area contributed by atoms with E-state index in [4.69, 9.17) is 4.74 Å². The summed E-state index contributed by atoms with van der Waals surface area (Å²) in [5.74, 6) is 0.527. The van der Waals surface area contributed by atoms with Gasteiger partial charge in [0.15, 0.2) is 0 Å². The molecule has 8 heteroatoms. The molecule has 0 bridgehead atoms. The zero-order valence-corrected chi connectivity index (χ0v) is 16.9. The van der Waals surface area contributed by atoms with Gasteiger partial charge in [-0.1, -0.05) is 18.2 Å². The van der Waals surface area contributed by atoms with Gasteiger partial charge in [0, 0.05) is 24.8 Å². The van der Waals surface area contributed by atoms with E-state index in [-0.39, 0.29) is 19.2 Å². The number of pyridine rings is 1. The van der Waals surface area contributed by atoms with Crippen LogP contribution in [-0.2, 0) is 17.8 Å². The number of aliphatic hydroxyl groups is 1. The predicted octanol–water partition coefficient (Wildman–Crippen LogP) is 3.11. The third-order valence-electron chi connectivity index (χ3n) is 4.36. The Kier molecular flexibility index (Phi) is 6.03. The minimum atomic E-state index is -0.549. The second-order valence-corrected chi connectivity index (χ2v) is 7.82. The van der Waals surface area contributed by atoms with Crippen LogP contribution in [0, 0.1) is 0 Å². The molecule has 0 fully saturated rings. The van der Waals surface area contributed by atoms with Crippen LogP contribution in [0.4, 0.5) is 15.4 Å². The van der Waals surface area contributed by atoms with Crippen LogP contribution in [0.2, 0.25) is 0 Å². The smallest absolute Gasteiger partial charge is 0.407 e. The highest BCUT2D eigenvalue weighted by Gasteiger charge is 2.25. The molecule has 2 aromatic rings. The molecule has 0 unspecified atom stereocenters. The number of nitrogens with one attached hydrogen (secondary N) is 2. The SMILES string of the molecule is CC(C)(C)OC(=O)NCc1cccc(-c2ccnc3c2CN(CCO)C(=O)N3)c1. The summed E-state index contributed by atoms with van der Waals surface area (Å²) in [5.41, 5.74) is 3.15. The minimum absolute atomic E-state index is 0.107. The summed E-state index contributed by atoms with van der Waals surface area (Å²) in [6.07, 6.45) is 1.19. The highest BCUT2D eigenvalue weighted by atomic mass is 16.6. The summed E-state index contributed by atoms with van der Waals surface area (Å²) in [6, 6.07) is 9.43. The fourth-order valence-corrected chi connectivity index (χ4v) is 3.11. The van der Waals surface area contributed by atoms with Crippen molar-refractivity contribution in [1.82, 2.24) is 15.2 Å². The van der Waals surface area contributed by atoms with Crippen LogP contribution < -0.4 is 10.6 Å². The first-order valence-electron chi connectivity index (χ1n) is 9.47. The molecule has 29 heavy (non-hydrogen) atoms. The zero-order valence-electron chi connectivity index (χ0n) is 16.9. The molecule has 3 amide bonds. The standard InChI is InChI=1S/C21H26N4O4/c1-21(2,3)29-20(28)23-12-14-5-4-6-15(11-14)16-7-8-22-18-17(16)13-25(9-10-26)19(27)24-18/h4-8,11,26H,9-10,12-13H2,1-3H3,(H,23,28)(H,22,24,27). The molecule has 8 nitrogen and oxygen atoms in total. The van der Waals surface area contributed by atoms with Crippen molar-refractivity contribution in [3.63, 3.8) is 0 Å². The Hall–Kier alpha value is -3.13. The molecule has 1 aliphatic rings. The zero-order chi connectivity index (χ0) is 21.0. The van der Waals surface area contributed by atoms with Gasteiger partial charge in [0.1, 0.15) is 11.4 Å². The molecule has 1 aromatic carbocycles. The second-order valence-electron chi connectivity index (χ2n) is 7.82. The van der Waals surface area contributed by atoms with Crippen LogP contribution in [0.3, 0.4) is 0 Å². The van der Waals surface area contributed by atoms with E-state index in [0.29, 0.717) is 18.9 Å². The number of ether oxygens (including phenoxy) is 1. The highest BCUT2D eigenvalue weighted by Crippen LogP contribution is 2.32. The van der Waals surface area contributed by atoms with E-state index in [9.17, 15) is 14.7 Å². The molecule has 1 aromatic heterocycles. The van der Waals surface area contributed by atoms with Crippen LogP contribution in [-0.4, -0.2) is 45.9 Å². The predicted molar refractivity (Wildman–Crippen MR) is 109 cm³/mol. The number of β-amino-alcohol motifs (C(OH)–C–C–N with tert-alkyl or cyclic N) is 1. The van der Waals surface area contributed by atoms with Gasteiger partial charge in [0.2, 0.25) is 0 Å². The number of fused-ring (bicyclic) bond motifs is 1. The lowest BCUT2D eigenvalue weighted by molar-refractivity contribution is 0.0523. The molecule has 0 radical (unpaired) electrons. The van der Waals surface area contributed by atoms with E-state index in [1.165, 1.54) is 0 Å². The molecule has 0 aliphatic carbocycles. The fraction of sp³-hybridized carbons (Fsp3) is 0.381. The molecular weight excluding hydrogens is 372 g/mol. The maximum Gasteiger partial charge on any atom is 0.407 e. The van der Waals surface area contributed by atoms with Crippen molar-refractivity contribution in [2.75, 3.05) is 18.5 Å². The van der Waals surface area contributed by atoms with Crippen molar-refractivity contribution < 1.29 is 19.4 Å². The van der Waals surface area contributed by atoms with Gasteiger partial charge >= 0.3 is 12.1 Å². The summed E-state index contributed by atoms with van der Waals surface area (Å²) in [7, 11) is 0. The number of carbonyl (C=O) groups excluding carboxylic acids is 2. The number of anilines is 1. The van der Waals surface area contributed by atoms with Crippen LogP contribution >= 0.6 is 0 Å². The first kappa shape index (κ1) is 20.6. The van der Waals surface area contributed by atoms with E-state index in [2.05, 4.69) is 15.6 Å². The molecule has 154 valence electrons. The van der Waals surface area contributed by atoms with Crippen molar-refractivity contribution in [1.29, 1.82) is 0 Å². The van der Waals surface area contributed by atoms with E-state index in [0.717, 1.165) is 22.3 Å². The maximum absolute atomic E-state index is 12.1. The second kappa shape index (κ2) is 8.48. The first-order valence-corrected chi connectivity index (χ1v) is 9.47. The largest absolute Gasteiger partial charge is 0.444 e. The van der Waals surface area contributed by atoms with Crippen molar-refractivity contribution in [3.05, 3.63) is 47.7 Å². The molecule has 1 aliphatic heterocycles. The van der Waals surface area contributed by atoms with E-state index < -0.39 is 11.7 Å². The van der Waals surface area contributed by atoms with Gasteiger partial charge in [0.25, 0.3) is 0 Å². The molecule has 0 atom stereocenters. The Balaban J connectivity index is 1.80. The van der Waals surface area contributed by atoms with Gasteiger partial charge in [-0.25, -0.2) is 14.6 Å². The van der Waals surface area contributed by atoms with Gasteiger partial charge < -0.3 is 20.1 Å². The fourth-order valence-electron chi connectivity index (χ4n) is 3.11. The summed E-state index contributed by atoms with van der Waals surface area (Å²) in [5, 5.41) is 14.7. The van der Waals surface area contributed by atoms with Crippen molar-refractivity contribution >= 4 is 17.9 Å². The monoisotopic (exact) mass is 398 g/mol. The quantitative estimate of drug-likeness (QED) is 0.718. The van der Waals surface area contributed by atoms with Crippen molar-refractivity contribution in [2.45, 2.75) is 39.5 Å². The number of rotatable bonds is 5. The number of aliphatic hydroxyl groups excluding tert-OH is 1. The summed E-state index contributed by atoms with van der Waals surface area (Å²) >= 11 is 0. The average Bonchev–Trinajstić information content (AvgIpc) is 2.66. The molecule has 3 N–H and O–H groups in total. The number of hydrogen-bond acceptors (Lipinski definition) is 5. The molecule has 0 spiro atoms. The normalized spacial score (nSPS) is 13.5. The Bertz CT molecular complexity index is 908. The van der Waals surface area contributed by atoms with Gasteiger partial charge in [-0.3, -0.25) is 5.32 Å². The number of urea groups is 1. The maximum atomic E-state index is 12.1. The summed E-state index contributed by atoms with van der Waals surface area (Å²) in [4.78, 5) is 29.8. The highest BCUT2D eigenvalue weighted by molar-refractivity contribution is 5.93. The van der Waals surface area contributed by atoms with Crippen LogP contribution in [0.15, 0.2) is 36.5 Å². The van der Waals surface area contributed by atoms with Crippen molar-refractivity contribution in [3.8, 4) is 11.1 Å². The topological polar surface area (TPSA) is 104 Å². The Morgan fingerprint density at radius 1 is 1.34 bits per heavy atom. The van der Waals surface area contributed by atoms with E-state index in [1.807, 2.05) is 51.1 Å². The number of aromatic nitrogens is 1. The van der Waals surface area contributed by atoms with E-state index >= 15 is 0 Å². The van der Waals surface area contributed by atoms with Gasteiger partial charge in [-0.2, -0.15) is 0 Å². The Morgan fingerprint density at radius 3 is 2.86 bits per heavy atom. The Labute approximate surface area is 169 Å². The van der Waals surface area contributed by atoms with Gasteiger partial charge in [-0.15, -0.1) is 0 Å². The third kappa shape index (κ3) is 5.23. The van der Waals surface area contributed by atoms with Crippen LogP contribution in [0.1, 0.15) is 31.9 Å². The van der Waals surface area contributed by atoms with Crippen molar-refractivity contribution in [2.24, 2.45) is 0 Å². The van der Waals surface area contributed by atoms with E-state index in [1.54, 1.807) is 11.1 Å². The third-order valence-corrected chi connectivity index (χ3v) is 4.36. The number of nitrogens with zero attached hydrogens (tertiary/aromatic N) is 2. The van der Waals surface area contributed by atoms with Crippen LogP contribution in [0.25, 0.3) is 11.1 Å². The minimum Gasteiger partial charge on any atom is -0.444 e. The molecule has 0 saturated heterocycles. The summed E-state index contributed by atoms with van der Waals surface area (Å²) in [6.45, 7) is 6.30. The van der Waals surface area contributed by atoms with Gasteiger partial charge in [0.05, 0.1) is 13.2 Å². The lowest BCUT2D eigenvalue weighted by Gasteiger charge is -2.29. The molecule has 3 rings (SSSR count). The lowest BCUT2D eigenvalue weighted by atomic mass is 9.98. The number of amides is 3. The molecule has 2 heterocycles. The molecular formula is C21H26N4O4. The lowest BCUT2D eigenvalue weighted by Crippen LogP contribution is -2.40. The number of hydrogen-bond donors (Lipinski definition) is 3. The molecule has 0 saturated carbocycles. The van der Waals surface area contributed by atoms with Crippen LogP contribution in [0.5, 0.6) is 0 Å². The van der Waals surface area contributed by atoms with Gasteiger partial charge in [-0.05, 0) is 49.6 Å². The number of alkyl carbamates (subject to hydrolysis) is 1. The number of carbonyl (C=O) groups is 2. The average molecular weight is 398 g/mol. The summed E-state index contributed by atoms with van der Waals surface area (Å²) < 4.78 is 5.27. The first-order chi connectivity index (χ1) is 13.8. The Morgan fingerprint density at radius 2 is 2.14 bits per heavy atom. The number of benzene rings is 1.